The molecule has 53 heavy (non-hydrogen) atoms. The van der Waals surface area contributed by atoms with Gasteiger partial charge in [0.15, 0.2) is 0 Å². The van der Waals surface area contributed by atoms with Crippen molar-refractivity contribution in [3.05, 3.63) is 150 Å². The van der Waals surface area contributed by atoms with Crippen molar-refractivity contribution >= 4 is 39.1 Å². The number of carbonyl (C=O) groups is 3. The smallest absolute Gasteiger partial charge is 0.251 e. The molecule has 5 aromatic carbocycles. The standard InChI is InChI=1S/C41H42N4O7S/c1-44(32-18-22-34(51-3)23-19-32)40(47)37(26-29-12-7-5-8-13-29)42-39(46)31-16-11-17-36(28-31)53(49,50)43-38(27-30-14-9-6-10-15-30)41(48)45(2)33-20-24-35(52-4)25-21-33/h5-25,28,37-38,43H,26-27H2,1-4H3,(H,42,46)/t37-,38-/m0/s1. The van der Waals surface area contributed by atoms with Crippen molar-refractivity contribution in [2.45, 2.75) is 29.8 Å². The Morgan fingerprint density at radius 3 is 1.53 bits per heavy atom. The average molecular weight is 735 g/mol. The lowest BCUT2D eigenvalue weighted by atomic mass is 10.0. The second-order valence-electron chi connectivity index (χ2n) is 12.3. The van der Waals surface area contributed by atoms with Gasteiger partial charge in [-0.1, -0.05) is 66.7 Å². The Kier molecular flexibility index (Phi) is 12.6. The van der Waals surface area contributed by atoms with Gasteiger partial charge in [-0.15, -0.1) is 0 Å². The number of amides is 3. The fraction of sp³-hybridized carbons (Fsp3) is 0.195. The number of sulfonamides is 1. The molecule has 3 amide bonds. The molecule has 0 radical (unpaired) electrons. The lowest BCUT2D eigenvalue weighted by Crippen LogP contribution is -2.49. The summed E-state index contributed by atoms with van der Waals surface area (Å²) in [7, 11) is 1.94. The number of methoxy groups -OCH3 is 2. The molecule has 0 saturated carbocycles. The molecule has 2 N–H and O–H groups in total. The van der Waals surface area contributed by atoms with E-state index >= 15 is 0 Å². The summed E-state index contributed by atoms with van der Waals surface area (Å²) >= 11 is 0. The van der Waals surface area contributed by atoms with Crippen molar-refractivity contribution in [1.29, 1.82) is 0 Å². The van der Waals surface area contributed by atoms with Crippen LogP contribution in [-0.2, 0) is 32.5 Å². The highest BCUT2D eigenvalue weighted by atomic mass is 32.2. The molecule has 0 spiro atoms. The zero-order chi connectivity index (χ0) is 38.0. The second kappa shape index (κ2) is 17.5. The number of hydrogen-bond donors (Lipinski definition) is 2. The zero-order valence-electron chi connectivity index (χ0n) is 29.9. The van der Waals surface area contributed by atoms with Gasteiger partial charge >= 0.3 is 0 Å². The number of likely N-dealkylation sites (N-methyl/N-ethyl adjacent to an activating group) is 2. The van der Waals surface area contributed by atoms with E-state index in [9.17, 15) is 22.8 Å². The Morgan fingerprint density at radius 1 is 0.604 bits per heavy atom. The molecule has 0 aliphatic carbocycles. The predicted octanol–water partition coefficient (Wildman–Crippen LogP) is 5.26. The quantitative estimate of drug-likeness (QED) is 0.150. The van der Waals surface area contributed by atoms with E-state index in [-0.39, 0.29) is 29.2 Å². The summed E-state index contributed by atoms with van der Waals surface area (Å²) in [6.07, 6.45) is 0.265. The number of hydrogen-bond acceptors (Lipinski definition) is 7. The summed E-state index contributed by atoms with van der Waals surface area (Å²) < 4.78 is 40.9. The highest BCUT2D eigenvalue weighted by molar-refractivity contribution is 7.89. The average Bonchev–Trinajstić information content (AvgIpc) is 3.20. The minimum absolute atomic E-state index is 0.0205. The van der Waals surface area contributed by atoms with Crippen LogP contribution in [0.1, 0.15) is 21.5 Å². The summed E-state index contributed by atoms with van der Waals surface area (Å²) in [4.78, 5) is 44.1. The summed E-state index contributed by atoms with van der Waals surface area (Å²) in [6, 6.07) is 35.4. The minimum Gasteiger partial charge on any atom is -0.497 e. The van der Waals surface area contributed by atoms with Gasteiger partial charge in [0.05, 0.1) is 19.1 Å². The molecule has 274 valence electrons. The molecule has 0 fully saturated rings. The van der Waals surface area contributed by atoms with Crippen LogP contribution in [0.25, 0.3) is 0 Å². The monoisotopic (exact) mass is 734 g/mol. The summed E-state index contributed by atoms with van der Waals surface area (Å²) in [5.74, 6) is -0.260. The molecule has 2 atom stereocenters. The van der Waals surface area contributed by atoms with E-state index in [4.69, 9.17) is 9.47 Å². The number of ether oxygens (including phenoxy) is 2. The Balaban J connectivity index is 1.38. The van der Waals surface area contributed by atoms with E-state index in [0.29, 0.717) is 22.9 Å². The van der Waals surface area contributed by atoms with Crippen LogP contribution in [-0.4, -0.2) is 66.5 Å². The molecule has 5 rings (SSSR count). The SMILES string of the molecule is COc1ccc(N(C)C(=O)[C@H](Cc2ccccc2)NC(=O)c2cccc(S(=O)(=O)N[C@@H](Cc3ccccc3)C(=O)N(C)c3ccc(OC)cc3)c2)cc1. The van der Waals surface area contributed by atoms with Crippen LogP contribution in [0.2, 0.25) is 0 Å². The first kappa shape index (κ1) is 38.3. The molecule has 0 aliphatic heterocycles. The van der Waals surface area contributed by atoms with E-state index in [1.807, 2.05) is 60.7 Å². The van der Waals surface area contributed by atoms with Crippen molar-refractivity contribution in [1.82, 2.24) is 10.0 Å². The van der Waals surface area contributed by atoms with Gasteiger partial charge in [0.2, 0.25) is 21.8 Å². The van der Waals surface area contributed by atoms with Crippen molar-refractivity contribution in [2.75, 3.05) is 38.1 Å². The maximum absolute atomic E-state index is 13.9. The van der Waals surface area contributed by atoms with Gasteiger partial charge in [-0.25, -0.2) is 8.42 Å². The molecule has 5 aromatic rings. The van der Waals surface area contributed by atoms with Crippen LogP contribution in [0.3, 0.4) is 0 Å². The molecule has 11 nitrogen and oxygen atoms in total. The Hall–Kier alpha value is -5.98. The third-order valence-corrected chi connectivity index (χ3v) is 10.2. The van der Waals surface area contributed by atoms with Gasteiger partial charge in [-0.2, -0.15) is 4.72 Å². The number of carbonyl (C=O) groups excluding carboxylic acids is 3. The van der Waals surface area contributed by atoms with Crippen molar-refractivity contribution < 1.29 is 32.3 Å². The van der Waals surface area contributed by atoms with Gasteiger partial charge in [-0.3, -0.25) is 14.4 Å². The molecular weight excluding hydrogens is 693 g/mol. The van der Waals surface area contributed by atoms with E-state index in [2.05, 4.69) is 10.0 Å². The van der Waals surface area contributed by atoms with Crippen molar-refractivity contribution in [2.24, 2.45) is 0 Å². The van der Waals surface area contributed by atoms with Crippen LogP contribution < -0.4 is 29.3 Å². The number of nitrogens with zero attached hydrogens (tertiary/aromatic N) is 2. The van der Waals surface area contributed by atoms with Crippen LogP contribution in [0.4, 0.5) is 11.4 Å². The van der Waals surface area contributed by atoms with Crippen LogP contribution in [0.5, 0.6) is 11.5 Å². The Bertz CT molecular complexity index is 2110. The molecule has 0 bridgehead atoms. The minimum atomic E-state index is -4.34. The third kappa shape index (κ3) is 9.88. The van der Waals surface area contributed by atoms with Crippen LogP contribution in [0.15, 0.2) is 138 Å². The van der Waals surface area contributed by atoms with Gasteiger partial charge in [-0.05, 0) is 84.3 Å². The normalized spacial score (nSPS) is 12.2. The summed E-state index contributed by atoms with van der Waals surface area (Å²) in [5, 5.41) is 2.83. The van der Waals surface area contributed by atoms with Crippen molar-refractivity contribution in [3.63, 3.8) is 0 Å². The first-order chi connectivity index (χ1) is 25.5. The number of benzene rings is 5. The zero-order valence-corrected chi connectivity index (χ0v) is 30.7. The largest absolute Gasteiger partial charge is 0.497 e. The lowest BCUT2D eigenvalue weighted by molar-refractivity contribution is -0.120. The Labute approximate surface area is 310 Å². The number of nitrogens with one attached hydrogen (secondary N) is 2. The van der Waals surface area contributed by atoms with Gasteiger partial charge in [0.1, 0.15) is 23.6 Å². The molecule has 0 saturated heterocycles. The topological polar surface area (TPSA) is 134 Å². The van der Waals surface area contributed by atoms with Gasteiger partial charge < -0.3 is 24.6 Å². The highest BCUT2D eigenvalue weighted by Gasteiger charge is 2.30. The highest BCUT2D eigenvalue weighted by Crippen LogP contribution is 2.22. The maximum Gasteiger partial charge on any atom is 0.251 e. The van der Waals surface area contributed by atoms with E-state index in [0.717, 1.165) is 11.1 Å². The molecular formula is C41H42N4O7S. The lowest BCUT2D eigenvalue weighted by Gasteiger charge is -2.25. The number of anilines is 2. The fourth-order valence-electron chi connectivity index (χ4n) is 5.71. The summed E-state index contributed by atoms with van der Waals surface area (Å²) in [5.41, 5.74) is 2.73. The first-order valence-electron chi connectivity index (χ1n) is 16.8. The van der Waals surface area contributed by atoms with E-state index < -0.39 is 33.9 Å². The van der Waals surface area contributed by atoms with Crippen molar-refractivity contribution in [3.8, 4) is 11.5 Å². The molecule has 0 aliphatic rings. The van der Waals surface area contributed by atoms with Crippen LogP contribution >= 0.6 is 0 Å². The Morgan fingerprint density at radius 2 is 1.06 bits per heavy atom. The molecule has 0 unspecified atom stereocenters. The third-order valence-electron chi connectivity index (χ3n) is 8.75. The molecule has 0 aromatic heterocycles. The predicted molar refractivity (Wildman–Crippen MR) is 205 cm³/mol. The summed E-state index contributed by atoms with van der Waals surface area (Å²) in [6.45, 7) is 0. The van der Waals surface area contributed by atoms with Gasteiger partial charge in [0.25, 0.3) is 5.91 Å². The molecule has 0 heterocycles. The van der Waals surface area contributed by atoms with Gasteiger partial charge in [0, 0.05) is 37.5 Å². The number of rotatable bonds is 15. The molecule has 12 heteroatoms. The van der Waals surface area contributed by atoms with Crippen LogP contribution in [0, 0.1) is 0 Å². The second-order valence-corrected chi connectivity index (χ2v) is 14.0. The van der Waals surface area contributed by atoms with E-state index in [1.165, 1.54) is 34.1 Å². The van der Waals surface area contributed by atoms with E-state index in [1.54, 1.807) is 76.8 Å². The first-order valence-corrected chi connectivity index (χ1v) is 18.3. The fourth-order valence-corrected chi connectivity index (χ4v) is 6.95. The maximum atomic E-state index is 13.9.